The van der Waals surface area contributed by atoms with Crippen molar-refractivity contribution in [2.75, 3.05) is 0 Å². The molecule has 3 heteroatoms. The van der Waals surface area contributed by atoms with Crippen LogP contribution in [0.1, 0.15) is 13.3 Å². The maximum atomic E-state index is 7.18. The Morgan fingerprint density at radius 2 is 2.09 bits per heavy atom. The first-order valence-electron chi connectivity index (χ1n) is 3.24. The summed E-state index contributed by atoms with van der Waals surface area (Å²) in [7, 11) is 0. The molecule has 2 nitrogen and oxygen atoms in total. The molecule has 0 rings (SSSR count). The molecule has 0 bridgehead atoms. The molecule has 0 atom stereocenters. The summed E-state index contributed by atoms with van der Waals surface area (Å²) in [5.41, 5.74) is 1.24. The van der Waals surface area contributed by atoms with Gasteiger partial charge in [-0.2, -0.15) is 4.89 Å². The molecule has 0 aliphatic rings. The highest BCUT2D eigenvalue weighted by Crippen LogP contribution is 1.99. The van der Waals surface area contributed by atoms with Gasteiger partial charge in [-0.15, -0.1) is 0 Å². The van der Waals surface area contributed by atoms with Crippen LogP contribution in [-0.4, -0.2) is 5.21 Å². The van der Waals surface area contributed by atoms with E-state index in [1.165, 1.54) is 10.5 Å². The van der Waals surface area contributed by atoms with E-state index in [2.05, 4.69) is 32.9 Å². The third-order valence-corrected chi connectivity index (χ3v) is 1.00. The van der Waals surface area contributed by atoms with Crippen LogP contribution in [0.25, 0.3) is 0 Å². The van der Waals surface area contributed by atoms with Crippen LogP contribution >= 0.6 is 12.8 Å². The van der Waals surface area contributed by atoms with E-state index in [0.29, 0.717) is 0 Å². The van der Waals surface area contributed by atoms with Crippen molar-refractivity contribution < 1.29 is 5.21 Å². The van der Waals surface area contributed by atoms with Gasteiger partial charge in [0, 0.05) is 0 Å². The van der Waals surface area contributed by atoms with Gasteiger partial charge in [0.25, 0.3) is 0 Å². The van der Waals surface area contributed by atoms with Gasteiger partial charge in [-0.1, -0.05) is 51.1 Å². The van der Waals surface area contributed by atoms with Gasteiger partial charge < -0.3 is 5.21 Å². The molecule has 0 aliphatic carbocycles. The lowest BCUT2D eigenvalue weighted by atomic mass is 10.2. The highest BCUT2D eigenvalue weighted by Gasteiger charge is 1.79. The zero-order valence-corrected chi connectivity index (χ0v) is 7.64. The van der Waals surface area contributed by atoms with Crippen LogP contribution in [0.2, 0.25) is 0 Å². The van der Waals surface area contributed by atoms with Crippen LogP contribution < -0.4 is 4.89 Å². The summed E-state index contributed by atoms with van der Waals surface area (Å²) >= 11 is 3.09. The van der Waals surface area contributed by atoms with E-state index in [1.54, 1.807) is 6.08 Å². The van der Waals surface area contributed by atoms with E-state index >= 15 is 0 Å². The first-order chi connectivity index (χ1) is 5.26. The van der Waals surface area contributed by atoms with Crippen LogP contribution in [0.5, 0.6) is 0 Å². The Kier molecular flexibility index (Phi) is 14.5. The average Bonchev–Trinajstić information content (AvgIpc) is 2.02. The predicted molar refractivity (Wildman–Crippen MR) is 52.7 cm³/mol. The van der Waals surface area contributed by atoms with Crippen molar-refractivity contribution in [2.24, 2.45) is 0 Å². The fourth-order valence-electron chi connectivity index (χ4n) is 0.482. The van der Waals surface area contributed by atoms with Crippen molar-refractivity contribution in [1.82, 2.24) is 4.89 Å². The minimum absolute atomic E-state index is 1.04. The first-order valence-corrected chi connectivity index (χ1v) is 3.68. The summed E-state index contributed by atoms with van der Waals surface area (Å²) in [5, 5.41) is 7.18. The van der Waals surface area contributed by atoms with E-state index < -0.39 is 0 Å². The zero-order valence-electron chi connectivity index (χ0n) is 6.75. The minimum atomic E-state index is 1.04. The molecule has 0 unspecified atom stereocenters. The topological polar surface area (TPSA) is 32.3 Å². The van der Waals surface area contributed by atoms with Gasteiger partial charge in [0.1, 0.15) is 0 Å². The lowest BCUT2D eigenvalue weighted by molar-refractivity contribution is 0.261. The van der Waals surface area contributed by atoms with E-state index in [4.69, 9.17) is 5.21 Å². The second kappa shape index (κ2) is 12.2. The molecule has 0 amide bonds. The molecule has 64 valence electrons. The van der Waals surface area contributed by atoms with Crippen LogP contribution in [0, 0.1) is 0 Å². The van der Waals surface area contributed by atoms with Crippen LogP contribution in [0.15, 0.2) is 37.0 Å². The van der Waals surface area contributed by atoms with Crippen molar-refractivity contribution in [2.45, 2.75) is 13.3 Å². The fraction of sp³-hybridized carbons (Fsp3) is 0.250. The fourth-order valence-corrected chi connectivity index (χ4v) is 0.482. The Balaban J connectivity index is 0. The van der Waals surface area contributed by atoms with E-state index in [1.807, 2.05) is 12.2 Å². The number of hydrogen-bond acceptors (Lipinski definition) is 3. The largest absolute Gasteiger partial charge is 0.306 e. The van der Waals surface area contributed by atoms with Gasteiger partial charge >= 0.3 is 0 Å². The summed E-state index contributed by atoms with van der Waals surface area (Å²) in [5.74, 6) is 0. The molecule has 0 aliphatic heterocycles. The first kappa shape index (κ1) is 13.1. The summed E-state index contributed by atoms with van der Waals surface area (Å²) in [6, 6.07) is 0. The Hall–Kier alpha value is -0.510. The maximum absolute atomic E-state index is 7.18. The molecule has 0 heterocycles. The number of nitrogens with one attached hydrogen (secondary N) is 1. The van der Waals surface area contributed by atoms with Crippen molar-refractivity contribution in [3.05, 3.63) is 37.0 Å². The van der Waals surface area contributed by atoms with Gasteiger partial charge in [-0.25, -0.2) is 0 Å². The monoisotopic (exact) mass is 173 g/mol. The van der Waals surface area contributed by atoms with Gasteiger partial charge in [-0.3, -0.25) is 0 Å². The standard InChI is InChI=1S/C8H12.H3NOS/c1-4-7-8(5-2)6-3;2-1-3/h4-5,7H,1-2,6H2,3H3;1-3H/b8-7+;. The molecular weight excluding hydrogens is 158 g/mol. The maximum Gasteiger partial charge on any atom is -0.0308 e. The SMILES string of the molecule is C=C/C=C(\C=C)CC.ONS. The molecule has 0 saturated carbocycles. The minimum Gasteiger partial charge on any atom is -0.306 e. The van der Waals surface area contributed by atoms with Crippen LogP contribution in [-0.2, 0) is 0 Å². The van der Waals surface area contributed by atoms with Crippen molar-refractivity contribution in [1.29, 1.82) is 0 Å². The second-order valence-electron chi connectivity index (χ2n) is 1.63. The Morgan fingerprint density at radius 1 is 1.64 bits per heavy atom. The highest BCUT2D eigenvalue weighted by molar-refractivity contribution is 7.77. The molecule has 0 saturated heterocycles. The highest BCUT2D eigenvalue weighted by atomic mass is 32.1. The molecule has 0 aromatic carbocycles. The van der Waals surface area contributed by atoms with Gasteiger partial charge in [-0.05, 0) is 12.0 Å². The molecule has 0 aromatic rings. The lowest BCUT2D eigenvalue weighted by Crippen LogP contribution is -1.79. The summed E-state index contributed by atoms with van der Waals surface area (Å²) < 4.78 is 0. The number of rotatable bonds is 3. The van der Waals surface area contributed by atoms with E-state index in [-0.39, 0.29) is 0 Å². The Labute approximate surface area is 73.8 Å². The molecule has 0 radical (unpaired) electrons. The van der Waals surface area contributed by atoms with Crippen LogP contribution in [0.3, 0.4) is 0 Å². The van der Waals surface area contributed by atoms with Crippen molar-refractivity contribution >= 4 is 12.8 Å². The van der Waals surface area contributed by atoms with Crippen molar-refractivity contribution in [3.63, 3.8) is 0 Å². The number of hydrogen-bond donors (Lipinski definition) is 3. The van der Waals surface area contributed by atoms with Gasteiger partial charge in [0.2, 0.25) is 0 Å². The Bertz CT molecular complexity index is 132. The van der Waals surface area contributed by atoms with E-state index in [0.717, 1.165) is 6.42 Å². The van der Waals surface area contributed by atoms with Crippen LogP contribution in [0.4, 0.5) is 0 Å². The molecule has 0 aromatic heterocycles. The number of thiol groups is 1. The lowest BCUT2D eigenvalue weighted by Gasteiger charge is -1.89. The summed E-state index contributed by atoms with van der Waals surface area (Å²) in [6.07, 6.45) is 6.63. The zero-order chi connectivity index (χ0) is 9.11. The average molecular weight is 173 g/mol. The normalized spacial score (nSPS) is 9.55. The molecule has 2 N–H and O–H groups in total. The van der Waals surface area contributed by atoms with Gasteiger partial charge in [0.15, 0.2) is 0 Å². The Morgan fingerprint density at radius 3 is 2.18 bits per heavy atom. The molecular formula is C8H15NOS. The van der Waals surface area contributed by atoms with E-state index in [9.17, 15) is 0 Å². The van der Waals surface area contributed by atoms with Crippen molar-refractivity contribution in [3.8, 4) is 0 Å². The third kappa shape index (κ3) is 12.6. The summed E-state index contributed by atoms with van der Waals surface area (Å²) in [4.78, 5) is 1.44. The second-order valence-corrected chi connectivity index (χ2v) is 1.83. The smallest absolute Gasteiger partial charge is 0.0308 e. The summed E-state index contributed by atoms with van der Waals surface area (Å²) in [6.45, 7) is 9.30. The molecule has 11 heavy (non-hydrogen) atoms. The molecule has 0 spiro atoms. The van der Waals surface area contributed by atoms with Gasteiger partial charge in [0.05, 0.1) is 0 Å². The molecule has 0 fully saturated rings. The third-order valence-electron chi connectivity index (χ3n) is 1.00. The number of allylic oxidation sites excluding steroid dienone is 4. The quantitative estimate of drug-likeness (QED) is 0.348. The predicted octanol–water partition coefficient (Wildman–Crippen LogP) is 2.50.